The van der Waals surface area contributed by atoms with Crippen molar-refractivity contribution in [3.05, 3.63) is 35.4 Å². The van der Waals surface area contributed by atoms with E-state index in [0.717, 1.165) is 17.8 Å². The highest BCUT2D eigenvalue weighted by atomic mass is 15.2. The van der Waals surface area contributed by atoms with Crippen LogP contribution in [0, 0.1) is 11.8 Å². The first-order chi connectivity index (χ1) is 8.90. The van der Waals surface area contributed by atoms with Crippen molar-refractivity contribution < 1.29 is 0 Å². The summed E-state index contributed by atoms with van der Waals surface area (Å²) in [6, 6.07) is 9.12. The molecule has 1 aromatic carbocycles. The molecule has 1 aromatic rings. The highest BCUT2D eigenvalue weighted by Crippen LogP contribution is 2.42. The van der Waals surface area contributed by atoms with E-state index in [1.54, 1.807) is 11.1 Å². The molecule has 0 spiro atoms. The highest BCUT2D eigenvalue weighted by Gasteiger charge is 2.36. The SMILES string of the molecule is c1ccc(C2CC2)c(CN2CC3CNCC3C2)c1. The molecule has 4 rings (SSSR count). The topological polar surface area (TPSA) is 15.3 Å². The van der Waals surface area contributed by atoms with Crippen LogP contribution < -0.4 is 5.32 Å². The van der Waals surface area contributed by atoms with E-state index >= 15 is 0 Å². The van der Waals surface area contributed by atoms with Crippen LogP contribution in [0.3, 0.4) is 0 Å². The van der Waals surface area contributed by atoms with E-state index in [9.17, 15) is 0 Å². The van der Waals surface area contributed by atoms with Gasteiger partial charge in [-0.25, -0.2) is 0 Å². The van der Waals surface area contributed by atoms with Gasteiger partial charge in [0, 0.05) is 19.6 Å². The van der Waals surface area contributed by atoms with Gasteiger partial charge in [-0.3, -0.25) is 4.90 Å². The Morgan fingerprint density at radius 1 is 1.06 bits per heavy atom. The zero-order valence-electron chi connectivity index (χ0n) is 10.9. The molecule has 0 aromatic heterocycles. The van der Waals surface area contributed by atoms with E-state index in [1.807, 2.05) is 0 Å². The van der Waals surface area contributed by atoms with Gasteiger partial charge >= 0.3 is 0 Å². The molecular weight excluding hydrogens is 220 g/mol. The molecule has 2 heteroatoms. The summed E-state index contributed by atoms with van der Waals surface area (Å²) in [6.07, 6.45) is 2.82. The summed E-state index contributed by atoms with van der Waals surface area (Å²) in [5.41, 5.74) is 3.22. The first-order valence-corrected chi connectivity index (χ1v) is 7.41. The maximum absolute atomic E-state index is 3.52. The van der Waals surface area contributed by atoms with Crippen LogP contribution in [0.4, 0.5) is 0 Å². The molecule has 1 aliphatic carbocycles. The average Bonchev–Trinajstić information content (AvgIpc) is 3.01. The minimum Gasteiger partial charge on any atom is -0.316 e. The lowest BCUT2D eigenvalue weighted by atomic mass is 10.0. The van der Waals surface area contributed by atoms with Crippen molar-refractivity contribution in [2.45, 2.75) is 25.3 Å². The predicted molar refractivity (Wildman–Crippen MR) is 73.5 cm³/mol. The van der Waals surface area contributed by atoms with Gasteiger partial charge in [-0.15, -0.1) is 0 Å². The monoisotopic (exact) mass is 242 g/mol. The maximum Gasteiger partial charge on any atom is 0.0236 e. The van der Waals surface area contributed by atoms with Crippen LogP contribution in [-0.2, 0) is 6.54 Å². The summed E-state index contributed by atoms with van der Waals surface area (Å²) in [6.45, 7) is 6.27. The molecule has 2 atom stereocenters. The minimum atomic E-state index is 0.880. The molecule has 2 aliphatic heterocycles. The maximum atomic E-state index is 3.52. The second-order valence-corrected chi connectivity index (χ2v) is 6.35. The number of benzene rings is 1. The molecule has 1 saturated carbocycles. The second-order valence-electron chi connectivity index (χ2n) is 6.35. The zero-order chi connectivity index (χ0) is 11.9. The fourth-order valence-electron chi connectivity index (χ4n) is 3.79. The van der Waals surface area contributed by atoms with Crippen molar-refractivity contribution in [1.82, 2.24) is 10.2 Å². The van der Waals surface area contributed by atoms with E-state index < -0.39 is 0 Å². The molecule has 0 amide bonds. The van der Waals surface area contributed by atoms with Gasteiger partial charge in [-0.2, -0.15) is 0 Å². The molecule has 2 unspecified atom stereocenters. The molecule has 0 radical (unpaired) electrons. The van der Waals surface area contributed by atoms with E-state index in [4.69, 9.17) is 0 Å². The molecule has 3 fully saturated rings. The van der Waals surface area contributed by atoms with Gasteiger partial charge < -0.3 is 5.32 Å². The molecule has 2 heterocycles. The van der Waals surface area contributed by atoms with Crippen molar-refractivity contribution in [2.75, 3.05) is 26.2 Å². The Morgan fingerprint density at radius 2 is 1.78 bits per heavy atom. The third-order valence-corrected chi connectivity index (χ3v) is 4.93. The first-order valence-electron chi connectivity index (χ1n) is 7.41. The summed E-state index contributed by atoms with van der Waals surface area (Å²) in [7, 11) is 0. The zero-order valence-corrected chi connectivity index (χ0v) is 10.9. The summed E-state index contributed by atoms with van der Waals surface area (Å²) in [5.74, 6) is 2.71. The molecule has 96 valence electrons. The van der Waals surface area contributed by atoms with Crippen molar-refractivity contribution in [1.29, 1.82) is 0 Å². The molecule has 2 saturated heterocycles. The number of hydrogen-bond acceptors (Lipinski definition) is 2. The van der Waals surface area contributed by atoms with E-state index in [-0.39, 0.29) is 0 Å². The van der Waals surface area contributed by atoms with Gasteiger partial charge in [0.15, 0.2) is 0 Å². The number of nitrogens with zero attached hydrogens (tertiary/aromatic N) is 1. The van der Waals surface area contributed by atoms with Gasteiger partial charge in [0.05, 0.1) is 0 Å². The van der Waals surface area contributed by atoms with Gasteiger partial charge in [-0.05, 0) is 54.8 Å². The smallest absolute Gasteiger partial charge is 0.0236 e. The van der Waals surface area contributed by atoms with Crippen LogP contribution in [-0.4, -0.2) is 31.1 Å². The Labute approximate surface area is 109 Å². The minimum absolute atomic E-state index is 0.880. The van der Waals surface area contributed by atoms with Gasteiger partial charge in [-0.1, -0.05) is 24.3 Å². The molecule has 1 N–H and O–H groups in total. The Kier molecular flexibility index (Phi) is 2.66. The van der Waals surface area contributed by atoms with Crippen LogP contribution in [0.15, 0.2) is 24.3 Å². The summed E-state index contributed by atoms with van der Waals surface area (Å²) >= 11 is 0. The van der Waals surface area contributed by atoms with Crippen molar-refractivity contribution >= 4 is 0 Å². The summed E-state index contributed by atoms with van der Waals surface area (Å²) < 4.78 is 0. The van der Waals surface area contributed by atoms with E-state index in [2.05, 4.69) is 34.5 Å². The number of hydrogen-bond donors (Lipinski definition) is 1. The van der Waals surface area contributed by atoms with Crippen LogP contribution in [0.5, 0.6) is 0 Å². The Balaban J connectivity index is 1.48. The summed E-state index contributed by atoms with van der Waals surface area (Å²) in [4.78, 5) is 2.68. The average molecular weight is 242 g/mol. The molecule has 3 aliphatic rings. The number of likely N-dealkylation sites (tertiary alicyclic amines) is 1. The highest BCUT2D eigenvalue weighted by molar-refractivity contribution is 5.33. The second kappa shape index (κ2) is 4.36. The standard InChI is InChI=1S/C16H22N2/c1-2-4-16(12-5-6-12)13(3-1)9-18-10-14-7-17-8-15(14)11-18/h1-4,12,14-15,17H,5-11H2. The Morgan fingerprint density at radius 3 is 2.50 bits per heavy atom. The quantitative estimate of drug-likeness (QED) is 0.874. The van der Waals surface area contributed by atoms with E-state index in [1.165, 1.54) is 45.6 Å². The van der Waals surface area contributed by atoms with Crippen LogP contribution in [0.2, 0.25) is 0 Å². The van der Waals surface area contributed by atoms with Gasteiger partial charge in [0.25, 0.3) is 0 Å². The third-order valence-electron chi connectivity index (χ3n) is 4.93. The molecular formula is C16H22N2. The van der Waals surface area contributed by atoms with Crippen molar-refractivity contribution in [3.8, 4) is 0 Å². The fraction of sp³-hybridized carbons (Fsp3) is 0.625. The molecule has 2 nitrogen and oxygen atoms in total. The summed E-state index contributed by atoms with van der Waals surface area (Å²) in [5, 5.41) is 3.52. The van der Waals surface area contributed by atoms with Crippen LogP contribution >= 0.6 is 0 Å². The lowest BCUT2D eigenvalue weighted by molar-refractivity contribution is 0.305. The normalized spacial score (nSPS) is 31.8. The number of fused-ring (bicyclic) bond motifs is 1. The largest absolute Gasteiger partial charge is 0.316 e. The number of rotatable bonds is 3. The predicted octanol–water partition coefficient (Wildman–Crippen LogP) is 2.22. The van der Waals surface area contributed by atoms with E-state index in [0.29, 0.717) is 0 Å². The first kappa shape index (κ1) is 11.0. The Hall–Kier alpha value is -0.860. The number of nitrogens with one attached hydrogen (secondary N) is 1. The fourth-order valence-corrected chi connectivity index (χ4v) is 3.79. The van der Waals surface area contributed by atoms with Crippen molar-refractivity contribution in [3.63, 3.8) is 0 Å². The molecule has 18 heavy (non-hydrogen) atoms. The van der Waals surface area contributed by atoms with Gasteiger partial charge in [0.2, 0.25) is 0 Å². The van der Waals surface area contributed by atoms with Crippen molar-refractivity contribution in [2.24, 2.45) is 11.8 Å². The Bertz CT molecular complexity index is 426. The molecule has 0 bridgehead atoms. The van der Waals surface area contributed by atoms with Crippen LogP contribution in [0.1, 0.15) is 29.9 Å². The third kappa shape index (κ3) is 1.98. The van der Waals surface area contributed by atoms with Gasteiger partial charge in [0.1, 0.15) is 0 Å². The van der Waals surface area contributed by atoms with Crippen LogP contribution in [0.25, 0.3) is 0 Å². The lowest BCUT2D eigenvalue weighted by Crippen LogP contribution is -2.25. The lowest BCUT2D eigenvalue weighted by Gasteiger charge is -2.19.